The maximum Gasteiger partial charge on any atom is 0.269 e. The SMILES string of the molecule is O=[N+]([O-])c1ccc(OCCOCCOCCOCCOCCOCCOCCF)cc1. The Morgan fingerprint density at radius 1 is 0.613 bits per heavy atom. The third-order valence-electron chi connectivity index (χ3n) is 3.63. The zero-order valence-electron chi connectivity index (χ0n) is 17.7. The Morgan fingerprint density at radius 2 is 0.968 bits per heavy atom. The molecule has 0 aliphatic carbocycles. The maximum absolute atomic E-state index is 11.8. The van der Waals surface area contributed by atoms with Crippen molar-refractivity contribution >= 4 is 5.69 Å². The molecule has 31 heavy (non-hydrogen) atoms. The van der Waals surface area contributed by atoms with Crippen LogP contribution in [0.4, 0.5) is 10.1 Å². The van der Waals surface area contributed by atoms with E-state index in [4.69, 9.17) is 33.2 Å². The molecule has 0 aliphatic heterocycles. The lowest BCUT2D eigenvalue weighted by molar-refractivity contribution is -0.384. The van der Waals surface area contributed by atoms with E-state index in [1.165, 1.54) is 12.1 Å². The van der Waals surface area contributed by atoms with Crippen molar-refractivity contribution in [2.75, 3.05) is 92.6 Å². The second-order valence-electron chi connectivity index (χ2n) is 5.96. The molecule has 1 aromatic carbocycles. The lowest BCUT2D eigenvalue weighted by Crippen LogP contribution is -2.15. The Hall–Kier alpha value is -1.89. The molecule has 178 valence electrons. The number of ether oxygens (including phenoxy) is 7. The highest BCUT2D eigenvalue weighted by Gasteiger charge is 2.04. The van der Waals surface area contributed by atoms with E-state index in [1.54, 1.807) is 12.1 Å². The number of nitro benzene ring substituents is 1. The molecular weight excluding hydrogens is 417 g/mol. The second kappa shape index (κ2) is 20.0. The van der Waals surface area contributed by atoms with Gasteiger partial charge in [0.25, 0.3) is 5.69 Å². The molecular formula is C20H32FNO9. The number of alkyl halides is 1. The van der Waals surface area contributed by atoms with E-state index in [2.05, 4.69) is 0 Å². The quantitative estimate of drug-likeness (QED) is 0.149. The molecule has 11 heteroatoms. The zero-order chi connectivity index (χ0) is 22.4. The Bertz CT molecular complexity index is 548. The van der Waals surface area contributed by atoms with Gasteiger partial charge in [-0.15, -0.1) is 0 Å². The number of hydrogen-bond acceptors (Lipinski definition) is 9. The van der Waals surface area contributed by atoms with E-state index in [0.29, 0.717) is 85.0 Å². The fraction of sp³-hybridized carbons (Fsp3) is 0.700. The molecule has 0 fully saturated rings. The lowest BCUT2D eigenvalue weighted by Gasteiger charge is -2.08. The van der Waals surface area contributed by atoms with Crippen molar-refractivity contribution in [2.45, 2.75) is 0 Å². The summed E-state index contributed by atoms with van der Waals surface area (Å²) in [7, 11) is 0. The summed E-state index contributed by atoms with van der Waals surface area (Å²) in [6.07, 6.45) is 0. The first-order valence-corrected chi connectivity index (χ1v) is 10.1. The third kappa shape index (κ3) is 16.5. The van der Waals surface area contributed by atoms with Gasteiger partial charge in [-0.25, -0.2) is 4.39 Å². The predicted molar refractivity (Wildman–Crippen MR) is 109 cm³/mol. The highest BCUT2D eigenvalue weighted by Crippen LogP contribution is 2.16. The molecule has 1 aromatic rings. The molecule has 0 saturated heterocycles. The van der Waals surface area contributed by atoms with Crippen molar-refractivity contribution < 1.29 is 42.5 Å². The first-order valence-electron chi connectivity index (χ1n) is 10.1. The van der Waals surface area contributed by atoms with Crippen molar-refractivity contribution in [3.05, 3.63) is 34.4 Å². The van der Waals surface area contributed by atoms with Crippen LogP contribution >= 0.6 is 0 Å². The predicted octanol–water partition coefficient (Wildman–Crippen LogP) is 2.04. The van der Waals surface area contributed by atoms with Gasteiger partial charge in [-0.05, 0) is 12.1 Å². The first-order chi connectivity index (χ1) is 15.2. The monoisotopic (exact) mass is 449 g/mol. The molecule has 0 aliphatic rings. The van der Waals surface area contributed by atoms with Crippen LogP contribution in [0.2, 0.25) is 0 Å². The van der Waals surface area contributed by atoms with Crippen molar-refractivity contribution in [1.82, 2.24) is 0 Å². The molecule has 0 atom stereocenters. The number of non-ortho nitro benzene ring substituents is 1. The molecule has 0 heterocycles. The summed E-state index contributed by atoms with van der Waals surface area (Å²) >= 11 is 0. The first kappa shape index (κ1) is 27.1. The minimum absolute atomic E-state index is 0.0247. The highest BCUT2D eigenvalue weighted by molar-refractivity contribution is 5.35. The van der Waals surface area contributed by atoms with Crippen molar-refractivity contribution in [3.63, 3.8) is 0 Å². The van der Waals surface area contributed by atoms with Gasteiger partial charge in [0.15, 0.2) is 0 Å². The van der Waals surface area contributed by atoms with Gasteiger partial charge in [0.2, 0.25) is 0 Å². The van der Waals surface area contributed by atoms with Gasteiger partial charge in [-0.3, -0.25) is 10.1 Å². The number of benzene rings is 1. The Morgan fingerprint density at radius 3 is 1.32 bits per heavy atom. The van der Waals surface area contributed by atoms with Gasteiger partial charge in [0, 0.05) is 12.1 Å². The van der Waals surface area contributed by atoms with E-state index < -0.39 is 11.6 Å². The smallest absolute Gasteiger partial charge is 0.269 e. The summed E-state index contributed by atoms with van der Waals surface area (Å²) in [5.41, 5.74) is 0.0247. The molecule has 0 saturated carbocycles. The van der Waals surface area contributed by atoms with E-state index in [0.717, 1.165) is 0 Å². The average molecular weight is 449 g/mol. The van der Waals surface area contributed by atoms with Crippen molar-refractivity contribution in [1.29, 1.82) is 0 Å². The normalized spacial score (nSPS) is 11.0. The fourth-order valence-corrected chi connectivity index (χ4v) is 2.14. The van der Waals surface area contributed by atoms with Crippen LogP contribution in [0.1, 0.15) is 0 Å². The standard InChI is InChI=1S/C20H32FNO9/c21-5-6-25-7-8-26-9-10-27-11-12-28-13-14-29-15-16-30-17-18-31-20-3-1-19(2-4-20)22(23)24/h1-4H,5-18H2. The molecule has 0 unspecified atom stereocenters. The van der Waals surface area contributed by atoms with E-state index in [1.807, 2.05) is 0 Å². The summed E-state index contributed by atoms with van der Waals surface area (Å²) in [5, 5.41) is 10.6. The number of halogens is 1. The number of rotatable bonds is 22. The zero-order valence-corrected chi connectivity index (χ0v) is 17.7. The van der Waals surface area contributed by atoms with Crippen LogP contribution in [-0.4, -0.2) is 97.5 Å². The Balaban J connectivity index is 1.75. The molecule has 0 spiro atoms. The summed E-state index contributed by atoms with van der Waals surface area (Å²) in [4.78, 5) is 10.1. The van der Waals surface area contributed by atoms with E-state index in [9.17, 15) is 14.5 Å². The van der Waals surface area contributed by atoms with Crippen LogP contribution in [0.5, 0.6) is 5.75 Å². The van der Waals surface area contributed by atoms with Gasteiger partial charge in [0.1, 0.15) is 19.0 Å². The number of hydrogen-bond donors (Lipinski definition) is 0. The molecule has 10 nitrogen and oxygen atoms in total. The van der Waals surface area contributed by atoms with Crippen LogP contribution in [0.25, 0.3) is 0 Å². The summed E-state index contributed by atoms with van der Waals surface area (Å²) in [6, 6.07) is 5.88. The van der Waals surface area contributed by atoms with Gasteiger partial charge in [0.05, 0.1) is 84.2 Å². The largest absolute Gasteiger partial charge is 0.491 e. The van der Waals surface area contributed by atoms with Crippen LogP contribution in [0.3, 0.4) is 0 Å². The highest BCUT2D eigenvalue weighted by atomic mass is 19.1. The number of nitrogens with zero attached hydrogens (tertiary/aromatic N) is 1. The van der Waals surface area contributed by atoms with Gasteiger partial charge < -0.3 is 33.2 Å². The Labute approximate surface area is 181 Å². The summed E-state index contributed by atoms with van der Waals surface area (Å²) in [5.74, 6) is 0.555. The van der Waals surface area contributed by atoms with Crippen LogP contribution in [0, 0.1) is 10.1 Å². The third-order valence-corrected chi connectivity index (χ3v) is 3.63. The minimum atomic E-state index is -0.481. The van der Waals surface area contributed by atoms with Crippen LogP contribution in [-0.2, 0) is 28.4 Å². The molecule has 0 amide bonds. The van der Waals surface area contributed by atoms with E-state index >= 15 is 0 Å². The fourth-order valence-electron chi connectivity index (χ4n) is 2.14. The molecule has 1 rings (SSSR count). The molecule has 0 bridgehead atoms. The van der Waals surface area contributed by atoms with Crippen molar-refractivity contribution in [3.8, 4) is 5.75 Å². The lowest BCUT2D eigenvalue weighted by atomic mass is 10.3. The Kier molecular flexibility index (Phi) is 17.5. The molecule has 0 aromatic heterocycles. The summed E-state index contributed by atoms with van der Waals surface area (Å²) < 4.78 is 48.8. The number of nitro groups is 1. The van der Waals surface area contributed by atoms with Crippen LogP contribution in [0.15, 0.2) is 24.3 Å². The van der Waals surface area contributed by atoms with Gasteiger partial charge >= 0.3 is 0 Å². The second-order valence-corrected chi connectivity index (χ2v) is 5.96. The van der Waals surface area contributed by atoms with Crippen LogP contribution < -0.4 is 4.74 Å². The van der Waals surface area contributed by atoms with Gasteiger partial charge in [-0.2, -0.15) is 0 Å². The molecule has 0 N–H and O–H groups in total. The topological polar surface area (TPSA) is 108 Å². The minimum Gasteiger partial charge on any atom is -0.491 e. The van der Waals surface area contributed by atoms with Gasteiger partial charge in [-0.1, -0.05) is 0 Å². The maximum atomic E-state index is 11.8. The molecule has 0 radical (unpaired) electrons. The van der Waals surface area contributed by atoms with E-state index in [-0.39, 0.29) is 12.3 Å². The summed E-state index contributed by atoms with van der Waals surface area (Å²) in [6.45, 7) is 4.85. The average Bonchev–Trinajstić information content (AvgIpc) is 2.78. The van der Waals surface area contributed by atoms with Crippen molar-refractivity contribution in [2.24, 2.45) is 0 Å².